The zero-order valence-electron chi connectivity index (χ0n) is 13.5. The van der Waals surface area contributed by atoms with Gasteiger partial charge in [0, 0.05) is 18.6 Å². The molecule has 1 saturated heterocycles. The predicted molar refractivity (Wildman–Crippen MR) is 83.4 cm³/mol. The molecule has 0 radical (unpaired) electrons. The molecule has 1 saturated carbocycles. The molecule has 0 spiro atoms. The van der Waals surface area contributed by atoms with Crippen LogP contribution in [0, 0.1) is 17.8 Å². The normalized spacial score (nSPS) is 37.7. The van der Waals surface area contributed by atoms with Crippen molar-refractivity contribution in [2.45, 2.75) is 71.4 Å². The van der Waals surface area contributed by atoms with Gasteiger partial charge < -0.3 is 10.2 Å². The maximum Gasteiger partial charge on any atom is 0.0105 e. The third-order valence-electron chi connectivity index (χ3n) is 5.75. The van der Waals surface area contributed by atoms with Crippen LogP contribution in [0.15, 0.2) is 0 Å². The molecule has 0 aromatic carbocycles. The van der Waals surface area contributed by atoms with Crippen LogP contribution in [0.5, 0.6) is 0 Å². The van der Waals surface area contributed by atoms with Crippen LogP contribution >= 0.6 is 0 Å². The molecule has 2 aliphatic rings. The molecule has 19 heavy (non-hydrogen) atoms. The summed E-state index contributed by atoms with van der Waals surface area (Å²) in [6.45, 7) is 9.91. The molecule has 2 nitrogen and oxygen atoms in total. The summed E-state index contributed by atoms with van der Waals surface area (Å²) >= 11 is 0. The lowest BCUT2D eigenvalue weighted by Gasteiger charge is -2.43. The number of hydrogen-bond donors (Lipinski definition) is 1. The first-order valence-corrected chi connectivity index (χ1v) is 8.53. The second-order valence-electron chi connectivity index (χ2n) is 7.31. The summed E-state index contributed by atoms with van der Waals surface area (Å²) in [5.74, 6) is 2.68. The molecular weight excluding hydrogens is 232 g/mol. The fourth-order valence-electron chi connectivity index (χ4n) is 4.22. The van der Waals surface area contributed by atoms with Gasteiger partial charge >= 0.3 is 0 Å². The SMILES string of the molecule is CNC1CCC(C(C)C)CC1CN1CCCCC1C. The van der Waals surface area contributed by atoms with Crippen molar-refractivity contribution in [3.8, 4) is 0 Å². The Kier molecular flexibility index (Phi) is 5.70. The molecule has 1 N–H and O–H groups in total. The van der Waals surface area contributed by atoms with Gasteiger partial charge in [-0.1, -0.05) is 20.3 Å². The van der Waals surface area contributed by atoms with E-state index in [0.29, 0.717) is 0 Å². The molecule has 2 rings (SSSR count). The molecule has 0 aromatic heterocycles. The van der Waals surface area contributed by atoms with Gasteiger partial charge in [-0.3, -0.25) is 0 Å². The monoisotopic (exact) mass is 266 g/mol. The van der Waals surface area contributed by atoms with Gasteiger partial charge in [0.25, 0.3) is 0 Å². The highest BCUT2D eigenvalue weighted by atomic mass is 15.2. The maximum absolute atomic E-state index is 3.59. The zero-order chi connectivity index (χ0) is 13.8. The van der Waals surface area contributed by atoms with Crippen molar-refractivity contribution in [1.29, 1.82) is 0 Å². The Labute approximate surface area is 120 Å². The van der Waals surface area contributed by atoms with Crippen LogP contribution < -0.4 is 5.32 Å². The van der Waals surface area contributed by atoms with Gasteiger partial charge in [-0.25, -0.2) is 0 Å². The Morgan fingerprint density at radius 3 is 2.58 bits per heavy atom. The minimum Gasteiger partial charge on any atom is -0.317 e. The van der Waals surface area contributed by atoms with Crippen molar-refractivity contribution in [1.82, 2.24) is 10.2 Å². The summed E-state index contributed by atoms with van der Waals surface area (Å²) in [5, 5.41) is 3.59. The predicted octanol–water partition coefficient (Wildman–Crippen LogP) is 3.52. The van der Waals surface area contributed by atoms with Crippen LogP contribution in [-0.2, 0) is 0 Å². The number of likely N-dealkylation sites (tertiary alicyclic amines) is 1. The minimum absolute atomic E-state index is 0.754. The highest BCUT2D eigenvalue weighted by molar-refractivity contribution is 4.88. The topological polar surface area (TPSA) is 15.3 Å². The highest BCUT2D eigenvalue weighted by Crippen LogP contribution is 2.35. The van der Waals surface area contributed by atoms with Gasteiger partial charge in [-0.05, 0) is 70.4 Å². The summed E-state index contributed by atoms with van der Waals surface area (Å²) in [4.78, 5) is 2.77. The van der Waals surface area contributed by atoms with Crippen molar-refractivity contribution in [2.75, 3.05) is 20.1 Å². The molecule has 2 heteroatoms. The van der Waals surface area contributed by atoms with Crippen LogP contribution in [0.1, 0.15) is 59.3 Å². The molecule has 0 aromatic rings. The van der Waals surface area contributed by atoms with Crippen molar-refractivity contribution < 1.29 is 0 Å². The first-order chi connectivity index (χ1) is 9.11. The van der Waals surface area contributed by atoms with Crippen LogP contribution in [-0.4, -0.2) is 37.1 Å². The van der Waals surface area contributed by atoms with E-state index in [4.69, 9.17) is 0 Å². The van der Waals surface area contributed by atoms with Crippen LogP contribution in [0.3, 0.4) is 0 Å². The van der Waals surface area contributed by atoms with E-state index in [1.54, 1.807) is 0 Å². The zero-order valence-corrected chi connectivity index (χ0v) is 13.5. The number of nitrogens with zero attached hydrogens (tertiary/aromatic N) is 1. The number of rotatable bonds is 4. The van der Waals surface area contributed by atoms with E-state index in [-0.39, 0.29) is 0 Å². The molecule has 1 aliphatic heterocycles. The summed E-state index contributed by atoms with van der Waals surface area (Å²) in [7, 11) is 2.16. The second-order valence-corrected chi connectivity index (χ2v) is 7.31. The first-order valence-electron chi connectivity index (χ1n) is 8.53. The third kappa shape index (κ3) is 3.95. The molecular formula is C17H34N2. The largest absolute Gasteiger partial charge is 0.317 e. The van der Waals surface area contributed by atoms with Gasteiger partial charge in [0.2, 0.25) is 0 Å². The Morgan fingerprint density at radius 2 is 1.95 bits per heavy atom. The lowest BCUT2D eigenvalue weighted by atomic mass is 9.73. The lowest BCUT2D eigenvalue weighted by Crippen LogP contribution is -2.48. The van der Waals surface area contributed by atoms with Gasteiger partial charge in [-0.15, -0.1) is 0 Å². The minimum atomic E-state index is 0.754. The fourth-order valence-corrected chi connectivity index (χ4v) is 4.22. The van der Waals surface area contributed by atoms with E-state index in [0.717, 1.165) is 29.8 Å². The van der Waals surface area contributed by atoms with Crippen LogP contribution in [0.2, 0.25) is 0 Å². The lowest BCUT2D eigenvalue weighted by molar-refractivity contribution is 0.0860. The van der Waals surface area contributed by atoms with E-state index in [9.17, 15) is 0 Å². The third-order valence-corrected chi connectivity index (χ3v) is 5.75. The van der Waals surface area contributed by atoms with Gasteiger partial charge in [0.15, 0.2) is 0 Å². The Balaban J connectivity index is 1.93. The average molecular weight is 266 g/mol. The quantitative estimate of drug-likeness (QED) is 0.837. The number of hydrogen-bond acceptors (Lipinski definition) is 2. The summed E-state index contributed by atoms with van der Waals surface area (Å²) in [5.41, 5.74) is 0. The summed E-state index contributed by atoms with van der Waals surface area (Å²) in [6, 6.07) is 1.56. The molecule has 0 amide bonds. The van der Waals surface area contributed by atoms with E-state index in [1.807, 2.05) is 0 Å². The van der Waals surface area contributed by atoms with Crippen molar-refractivity contribution in [3.63, 3.8) is 0 Å². The second kappa shape index (κ2) is 7.08. The maximum atomic E-state index is 3.59. The number of nitrogens with one attached hydrogen (secondary N) is 1. The Hall–Kier alpha value is -0.0800. The Morgan fingerprint density at radius 1 is 1.16 bits per heavy atom. The average Bonchev–Trinajstić information content (AvgIpc) is 2.41. The summed E-state index contributed by atoms with van der Waals surface area (Å²) < 4.78 is 0. The molecule has 1 heterocycles. The van der Waals surface area contributed by atoms with Crippen molar-refractivity contribution >= 4 is 0 Å². The van der Waals surface area contributed by atoms with Crippen LogP contribution in [0.25, 0.3) is 0 Å². The molecule has 4 atom stereocenters. The van der Waals surface area contributed by atoms with E-state index < -0.39 is 0 Å². The number of piperidine rings is 1. The van der Waals surface area contributed by atoms with E-state index in [2.05, 4.69) is 38.0 Å². The van der Waals surface area contributed by atoms with Gasteiger partial charge in [-0.2, -0.15) is 0 Å². The van der Waals surface area contributed by atoms with E-state index >= 15 is 0 Å². The van der Waals surface area contributed by atoms with Crippen molar-refractivity contribution in [2.24, 2.45) is 17.8 Å². The van der Waals surface area contributed by atoms with Gasteiger partial charge in [0.1, 0.15) is 0 Å². The standard InChI is InChI=1S/C17H34N2/c1-13(2)15-8-9-17(18-4)16(11-15)12-19-10-6-5-7-14(19)3/h13-18H,5-12H2,1-4H3. The van der Waals surface area contributed by atoms with Crippen molar-refractivity contribution in [3.05, 3.63) is 0 Å². The molecule has 0 bridgehead atoms. The molecule has 4 unspecified atom stereocenters. The molecule has 1 aliphatic carbocycles. The molecule has 112 valence electrons. The molecule has 2 fully saturated rings. The Bertz CT molecular complexity index is 264. The van der Waals surface area contributed by atoms with E-state index in [1.165, 1.54) is 51.6 Å². The van der Waals surface area contributed by atoms with Gasteiger partial charge in [0.05, 0.1) is 0 Å². The van der Waals surface area contributed by atoms with Crippen LogP contribution in [0.4, 0.5) is 0 Å². The highest BCUT2D eigenvalue weighted by Gasteiger charge is 2.33. The summed E-state index contributed by atoms with van der Waals surface area (Å²) in [6.07, 6.45) is 8.50. The smallest absolute Gasteiger partial charge is 0.0105 e. The first kappa shape index (κ1) is 15.3. The fraction of sp³-hybridized carbons (Fsp3) is 1.00.